The highest BCUT2D eigenvalue weighted by atomic mass is 16.5. The van der Waals surface area contributed by atoms with Crippen molar-refractivity contribution < 1.29 is 9.53 Å². The zero-order valence-corrected chi connectivity index (χ0v) is 12.0. The molecule has 4 nitrogen and oxygen atoms in total. The number of nitrogens with two attached hydrogens (primary N) is 1. The average Bonchev–Trinajstić information content (AvgIpc) is 2.30. The normalized spacial score (nSPS) is 11.1. The van der Waals surface area contributed by atoms with Crippen LogP contribution in [0.3, 0.4) is 0 Å². The summed E-state index contributed by atoms with van der Waals surface area (Å²) in [7, 11) is 0. The maximum Gasteiger partial charge on any atom is 0.223 e. The molecule has 0 heterocycles. The van der Waals surface area contributed by atoms with E-state index in [0.717, 1.165) is 6.42 Å². The van der Waals surface area contributed by atoms with E-state index in [-0.39, 0.29) is 11.3 Å². The minimum absolute atomic E-state index is 0.0127. The van der Waals surface area contributed by atoms with Crippen molar-refractivity contribution in [2.75, 3.05) is 18.9 Å². The Hall–Kier alpha value is -1.71. The predicted octanol–water partition coefficient (Wildman–Crippen LogP) is 2.59. The molecule has 0 bridgehead atoms. The third kappa shape index (κ3) is 6.70. The van der Waals surface area contributed by atoms with Gasteiger partial charge in [-0.25, -0.2) is 0 Å². The molecule has 0 atom stereocenters. The highest BCUT2D eigenvalue weighted by Gasteiger charge is 2.10. The van der Waals surface area contributed by atoms with Gasteiger partial charge in [-0.05, 0) is 24.0 Å². The van der Waals surface area contributed by atoms with Gasteiger partial charge in [0.15, 0.2) is 0 Å². The second kappa shape index (κ2) is 7.02. The SMILES string of the molecule is CC(C)(C)CCNC(=O)CCOc1ccccc1N. The maximum absolute atomic E-state index is 11.6. The van der Waals surface area contributed by atoms with E-state index in [1.807, 2.05) is 12.1 Å². The van der Waals surface area contributed by atoms with Gasteiger partial charge in [0.2, 0.25) is 5.91 Å². The van der Waals surface area contributed by atoms with Gasteiger partial charge in [0.25, 0.3) is 0 Å². The van der Waals surface area contributed by atoms with Crippen LogP contribution >= 0.6 is 0 Å². The summed E-state index contributed by atoms with van der Waals surface area (Å²) in [4.78, 5) is 11.6. The number of nitrogen functional groups attached to an aromatic ring is 1. The molecule has 0 aliphatic carbocycles. The Bertz CT molecular complexity index is 411. The van der Waals surface area contributed by atoms with Gasteiger partial charge in [0.1, 0.15) is 5.75 Å². The Morgan fingerprint density at radius 2 is 2.00 bits per heavy atom. The van der Waals surface area contributed by atoms with Gasteiger partial charge in [-0.1, -0.05) is 32.9 Å². The summed E-state index contributed by atoms with van der Waals surface area (Å²) >= 11 is 0. The summed E-state index contributed by atoms with van der Waals surface area (Å²) in [5.74, 6) is 0.642. The van der Waals surface area contributed by atoms with Crippen molar-refractivity contribution in [2.45, 2.75) is 33.6 Å². The highest BCUT2D eigenvalue weighted by Crippen LogP contribution is 2.19. The first-order chi connectivity index (χ1) is 8.88. The van der Waals surface area contributed by atoms with E-state index in [1.54, 1.807) is 12.1 Å². The molecule has 0 spiro atoms. The van der Waals surface area contributed by atoms with Crippen LogP contribution in [-0.2, 0) is 4.79 Å². The van der Waals surface area contributed by atoms with Gasteiger partial charge < -0.3 is 15.8 Å². The lowest BCUT2D eigenvalue weighted by atomic mass is 9.92. The monoisotopic (exact) mass is 264 g/mol. The van der Waals surface area contributed by atoms with Crippen molar-refractivity contribution in [3.63, 3.8) is 0 Å². The lowest BCUT2D eigenvalue weighted by molar-refractivity contribution is -0.121. The topological polar surface area (TPSA) is 64.3 Å². The minimum Gasteiger partial charge on any atom is -0.491 e. The van der Waals surface area contributed by atoms with Crippen LogP contribution in [0.25, 0.3) is 0 Å². The first-order valence-corrected chi connectivity index (χ1v) is 6.62. The number of nitrogens with one attached hydrogen (secondary N) is 1. The second-order valence-corrected chi connectivity index (χ2v) is 5.80. The van der Waals surface area contributed by atoms with Crippen LogP contribution in [0, 0.1) is 5.41 Å². The zero-order chi connectivity index (χ0) is 14.3. The Balaban J connectivity index is 2.19. The predicted molar refractivity (Wildman–Crippen MR) is 78.0 cm³/mol. The van der Waals surface area contributed by atoms with Crippen molar-refractivity contribution >= 4 is 11.6 Å². The van der Waals surface area contributed by atoms with Gasteiger partial charge in [0, 0.05) is 6.54 Å². The number of hydrogen-bond acceptors (Lipinski definition) is 3. The molecule has 1 amide bonds. The summed E-state index contributed by atoms with van der Waals surface area (Å²) in [6.07, 6.45) is 1.31. The van der Waals surface area contributed by atoms with E-state index < -0.39 is 0 Å². The molecule has 1 aromatic carbocycles. The smallest absolute Gasteiger partial charge is 0.223 e. The third-order valence-corrected chi connectivity index (χ3v) is 2.70. The van der Waals surface area contributed by atoms with Crippen LogP contribution in [0.4, 0.5) is 5.69 Å². The van der Waals surface area contributed by atoms with Crippen molar-refractivity contribution in [1.82, 2.24) is 5.32 Å². The lowest BCUT2D eigenvalue weighted by Gasteiger charge is -2.18. The fraction of sp³-hybridized carbons (Fsp3) is 0.533. The maximum atomic E-state index is 11.6. The molecule has 4 heteroatoms. The summed E-state index contributed by atoms with van der Waals surface area (Å²) < 4.78 is 5.47. The van der Waals surface area contributed by atoms with E-state index in [1.165, 1.54) is 0 Å². The first kappa shape index (κ1) is 15.3. The third-order valence-electron chi connectivity index (χ3n) is 2.70. The van der Waals surface area contributed by atoms with Crippen LogP contribution in [0.2, 0.25) is 0 Å². The molecule has 0 fully saturated rings. The van der Waals surface area contributed by atoms with Gasteiger partial charge in [-0.15, -0.1) is 0 Å². The molecule has 1 aromatic rings. The van der Waals surface area contributed by atoms with Crippen LogP contribution < -0.4 is 15.8 Å². The molecular formula is C15H24N2O2. The van der Waals surface area contributed by atoms with E-state index in [2.05, 4.69) is 26.1 Å². The molecule has 0 radical (unpaired) electrons. The molecule has 1 rings (SSSR count). The van der Waals surface area contributed by atoms with Gasteiger partial charge in [0.05, 0.1) is 18.7 Å². The number of benzene rings is 1. The first-order valence-electron chi connectivity index (χ1n) is 6.62. The molecule has 0 saturated carbocycles. The molecular weight excluding hydrogens is 240 g/mol. The summed E-state index contributed by atoms with van der Waals surface area (Å²) in [6, 6.07) is 7.28. The van der Waals surface area contributed by atoms with E-state index >= 15 is 0 Å². The Labute approximate surface area is 115 Å². The molecule has 19 heavy (non-hydrogen) atoms. The van der Waals surface area contributed by atoms with Crippen LogP contribution in [0.15, 0.2) is 24.3 Å². The standard InChI is InChI=1S/C15H24N2O2/c1-15(2,3)9-10-17-14(18)8-11-19-13-7-5-4-6-12(13)16/h4-7H,8-11,16H2,1-3H3,(H,17,18). The van der Waals surface area contributed by atoms with Crippen LogP contribution in [-0.4, -0.2) is 19.1 Å². The number of carbonyl (C=O) groups is 1. The Kier molecular flexibility index (Phi) is 5.67. The average molecular weight is 264 g/mol. The zero-order valence-electron chi connectivity index (χ0n) is 12.0. The highest BCUT2D eigenvalue weighted by molar-refractivity contribution is 5.76. The van der Waals surface area contributed by atoms with Crippen molar-refractivity contribution in [1.29, 1.82) is 0 Å². The van der Waals surface area contributed by atoms with Gasteiger partial charge >= 0.3 is 0 Å². The molecule has 106 valence electrons. The molecule has 0 aliphatic heterocycles. The van der Waals surface area contributed by atoms with Gasteiger partial charge in [-0.3, -0.25) is 4.79 Å². The number of amides is 1. The molecule has 0 aliphatic rings. The fourth-order valence-electron chi connectivity index (χ4n) is 1.53. The summed E-state index contributed by atoms with van der Waals surface area (Å²) in [5, 5.41) is 2.89. The minimum atomic E-state index is 0.0127. The summed E-state index contributed by atoms with van der Waals surface area (Å²) in [6.45, 7) is 7.51. The number of anilines is 1. The lowest BCUT2D eigenvalue weighted by Crippen LogP contribution is -2.28. The Morgan fingerprint density at radius 3 is 2.63 bits per heavy atom. The molecule has 0 unspecified atom stereocenters. The summed E-state index contributed by atoms with van der Waals surface area (Å²) in [5.41, 5.74) is 6.57. The quantitative estimate of drug-likeness (QED) is 0.776. The van der Waals surface area contributed by atoms with E-state index in [4.69, 9.17) is 10.5 Å². The van der Waals surface area contributed by atoms with Gasteiger partial charge in [-0.2, -0.15) is 0 Å². The van der Waals surface area contributed by atoms with Crippen molar-refractivity contribution in [3.05, 3.63) is 24.3 Å². The van der Waals surface area contributed by atoms with Crippen LogP contribution in [0.5, 0.6) is 5.75 Å². The molecule has 0 aromatic heterocycles. The number of carbonyl (C=O) groups excluding carboxylic acids is 1. The van der Waals surface area contributed by atoms with Crippen molar-refractivity contribution in [3.8, 4) is 5.75 Å². The molecule has 3 N–H and O–H groups in total. The second-order valence-electron chi connectivity index (χ2n) is 5.80. The van der Waals surface area contributed by atoms with E-state index in [9.17, 15) is 4.79 Å². The Morgan fingerprint density at radius 1 is 1.32 bits per heavy atom. The molecule has 0 saturated heterocycles. The fourth-order valence-corrected chi connectivity index (χ4v) is 1.53. The number of ether oxygens (including phenoxy) is 1. The van der Waals surface area contributed by atoms with Crippen molar-refractivity contribution in [2.24, 2.45) is 5.41 Å². The van der Waals surface area contributed by atoms with Crippen LogP contribution in [0.1, 0.15) is 33.6 Å². The largest absolute Gasteiger partial charge is 0.491 e. The number of rotatable bonds is 6. The number of para-hydroxylation sites is 2. The number of hydrogen-bond donors (Lipinski definition) is 2. The van der Waals surface area contributed by atoms with E-state index in [0.29, 0.717) is 31.0 Å².